The van der Waals surface area contributed by atoms with Crippen LogP contribution in [0, 0.1) is 0 Å². The second-order valence-electron chi connectivity index (χ2n) is 5.71. The standard InChI is InChI=1S/C16H21N3O2/c1-21-15(20)18-14-17-12-16(10-6-3-7-11-16)19(14)13-8-4-2-5-9-13/h2,4-5,8-9H,3,6-7,10-12H2,1H3,(H,17,18,20). The molecule has 5 heteroatoms. The zero-order valence-electron chi connectivity index (χ0n) is 12.3. The first-order chi connectivity index (χ1) is 10.2. The predicted molar refractivity (Wildman–Crippen MR) is 82.6 cm³/mol. The Morgan fingerprint density at radius 1 is 1.24 bits per heavy atom. The highest BCUT2D eigenvalue weighted by Crippen LogP contribution is 2.40. The molecule has 0 bridgehead atoms. The lowest BCUT2D eigenvalue weighted by molar-refractivity contribution is 0.176. The molecule has 1 aliphatic carbocycles. The van der Waals surface area contributed by atoms with E-state index < -0.39 is 6.09 Å². The third-order valence-electron chi connectivity index (χ3n) is 4.41. The van der Waals surface area contributed by atoms with Gasteiger partial charge < -0.3 is 9.64 Å². The molecule has 1 N–H and O–H groups in total. The smallest absolute Gasteiger partial charge is 0.413 e. The summed E-state index contributed by atoms with van der Waals surface area (Å²) in [4.78, 5) is 18.4. The highest BCUT2D eigenvalue weighted by Gasteiger charge is 2.44. The summed E-state index contributed by atoms with van der Waals surface area (Å²) >= 11 is 0. The highest BCUT2D eigenvalue weighted by molar-refractivity contribution is 6.06. The van der Waals surface area contributed by atoms with Crippen LogP contribution in [0.5, 0.6) is 0 Å². The second kappa shape index (κ2) is 5.76. The van der Waals surface area contributed by atoms with Gasteiger partial charge in [0.1, 0.15) is 0 Å². The summed E-state index contributed by atoms with van der Waals surface area (Å²) in [5, 5.41) is 2.76. The van der Waals surface area contributed by atoms with Crippen LogP contribution >= 0.6 is 0 Å². The Morgan fingerprint density at radius 2 is 1.95 bits per heavy atom. The van der Waals surface area contributed by atoms with Crippen LogP contribution in [-0.4, -0.2) is 31.2 Å². The lowest BCUT2D eigenvalue weighted by Gasteiger charge is -2.42. The summed E-state index contributed by atoms with van der Waals surface area (Å²) in [6.45, 7) is 0.737. The van der Waals surface area contributed by atoms with Crippen LogP contribution in [0.1, 0.15) is 32.1 Å². The van der Waals surface area contributed by atoms with Crippen molar-refractivity contribution >= 4 is 17.7 Å². The fourth-order valence-corrected chi connectivity index (χ4v) is 3.39. The van der Waals surface area contributed by atoms with Crippen LogP contribution in [0.3, 0.4) is 0 Å². The molecular weight excluding hydrogens is 266 g/mol. The second-order valence-corrected chi connectivity index (χ2v) is 5.71. The van der Waals surface area contributed by atoms with Crippen molar-refractivity contribution in [3.05, 3.63) is 30.3 Å². The molecule has 0 atom stereocenters. The van der Waals surface area contributed by atoms with E-state index in [-0.39, 0.29) is 5.54 Å². The number of rotatable bonds is 1. The van der Waals surface area contributed by atoms with E-state index in [1.54, 1.807) is 0 Å². The molecule has 112 valence electrons. The monoisotopic (exact) mass is 287 g/mol. The van der Waals surface area contributed by atoms with Crippen molar-refractivity contribution in [1.82, 2.24) is 5.32 Å². The minimum atomic E-state index is -0.470. The van der Waals surface area contributed by atoms with Crippen molar-refractivity contribution in [3.8, 4) is 0 Å². The van der Waals surface area contributed by atoms with Crippen molar-refractivity contribution in [2.45, 2.75) is 37.6 Å². The van der Waals surface area contributed by atoms with Gasteiger partial charge in [0.05, 0.1) is 19.2 Å². The summed E-state index contributed by atoms with van der Waals surface area (Å²) in [5.41, 5.74) is 1.09. The van der Waals surface area contributed by atoms with Gasteiger partial charge in [0, 0.05) is 5.69 Å². The van der Waals surface area contributed by atoms with E-state index in [1.807, 2.05) is 18.2 Å². The molecule has 5 nitrogen and oxygen atoms in total. The Kier molecular flexibility index (Phi) is 3.82. The number of anilines is 1. The van der Waals surface area contributed by atoms with Crippen LogP contribution < -0.4 is 10.2 Å². The van der Waals surface area contributed by atoms with Gasteiger partial charge in [0.2, 0.25) is 5.96 Å². The van der Waals surface area contributed by atoms with Gasteiger partial charge in [-0.15, -0.1) is 0 Å². The maximum absolute atomic E-state index is 11.6. The summed E-state index contributed by atoms with van der Waals surface area (Å²) in [7, 11) is 1.37. The molecule has 1 aromatic carbocycles. The molecule has 1 amide bonds. The van der Waals surface area contributed by atoms with Crippen LogP contribution in [-0.2, 0) is 4.74 Å². The third-order valence-corrected chi connectivity index (χ3v) is 4.41. The van der Waals surface area contributed by atoms with Crippen molar-refractivity contribution in [2.24, 2.45) is 4.99 Å². The van der Waals surface area contributed by atoms with Gasteiger partial charge in [0.15, 0.2) is 0 Å². The summed E-state index contributed by atoms with van der Waals surface area (Å²) in [6.07, 6.45) is 5.46. The van der Waals surface area contributed by atoms with Crippen molar-refractivity contribution in [3.63, 3.8) is 0 Å². The van der Waals surface area contributed by atoms with Crippen molar-refractivity contribution in [1.29, 1.82) is 0 Å². The number of guanidine groups is 1. The number of carbonyl (C=O) groups is 1. The lowest BCUT2D eigenvalue weighted by atomic mass is 9.80. The SMILES string of the molecule is COC(=O)NC1=NCC2(CCCCC2)N1c1ccccc1. The zero-order chi connectivity index (χ0) is 14.7. The molecule has 1 aliphatic heterocycles. The molecule has 0 unspecified atom stereocenters. The van der Waals surface area contributed by atoms with Gasteiger partial charge in [-0.25, -0.2) is 9.79 Å². The highest BCUT2D eigenvalue weighted by atomic mass is 16.5. The number of hydrogen-bond donors (Lipinski definition) is 1. The Bertz CT molecular complexity index is 536. The van der Waals surface area contributed by atoms with E-state index in [0.717, 1.165) is 25.1 Å². The number of nitrogens with zero attached hydrogens (tertiary/aromatic N) is 2. The fraction of sp³-hybridized carbons (Fsp3) is 0.500. The molecule has 1 aromatic rings. The molecule has 1 fully saturated rings. The Balaban J connectivity index is 1.92. The van der Waals surface area contributed by atoms with Crippen LogP contribution in [0.2, 0.25) is 0 Å². The quantitative estimate of drug-likeness (QED) is 0.864. The van der Waals surface area contributed by atoms with Gasteiger partial charge in [-0.2, -0.15) is 0 Å². The van der Waals surface area contributed by atoms with Crippen LogP contribution in [0.15, 0.2) is 35.3 Å². The summed E-state index contributed by atoms with van der Waals surface area (Å²) < 4.78 is 4.71. The number of amides is 1. The van der Waals surface area contributed by atoms with Gasteiger partial charge in [-0.1, -0.05) is 37.5 Å². The lowest BCUT2D eigenvalue weighted by Crippen LogP contribution is -2.55. The van der Waals surface area contributed by atoms with Gasteiger partial charge in [0.25, 0.3) is 0 Å². The molecule has 1 spiro atoms. The molecule has 1 heterocycles. The number of benzene rings is 1. The summed E-state index contributed by atoms with van der Waals surface area (Å²) in [6, 6.07) is 10.2. The number of ether oxygens (including phenoxy) is 1. The molecule has 3 rings (SSSR count). The number of para-hydroxylation sites is 1. The molecular formula is C16H21N3O2. The first-order valence-corrected chi connectivity index (χ1v) is 7.50. The number of aliphatic imine (C=N–C) groups is 1. The minimum absolute atomic E-state index is 0.00988. The average molecular weight is 287 g/mol. The van der Waals surface area contributed by atoms with Crippen molar-refractivity contribution < 1.29 is 9.53 Å². The van der Waals surface area contributed by atoms with Crippen LogP contribution in [0.4, 0.5) is 10.5 Å². The van der Waals surface area contributed by atoms with E-state index >= 15 is 0 Å². The first kappa shape index (κ1) is 13.9. The Hall–Kier alpha value is -2.04. The molecule has 0 radical (unpaired) electrons. The van der Waals surface area contributed by atoms with Gasteiger partial charge in [-0.3, -0.25) is 5.32 Å². The van der Waals surface area contributed by atoms with E-state index in [4.69, 9.17) is 4.74 Å². The topological polar surface area (TPSA) is 53.9 Å². The number of nitrogens with one attached hydrogen (secondary N) is 1. The number of hydrogen-bond acceptors (Lipinski definition) is 4. The Morgan fingerprint density at radius 3 is 2.62 bits per heavy atom. The van der Waals surface area contributed by atoms with Crippen molar-refractivity contribution in [2.75, 3.05) is 18.6 Å². The zero-order valence-corrected chi connectivity index (χ0v) is 12.3. The molecule has 0 saturated heterocycles. The number of carbonyl (C=O) groups excluding carboxylic acids is 1. The van der Waals surface area contributed by atoms with E-state index in [9.17, 15) is 4.79 Å². The molecule has 21 heavy (non-hydrogen) atoms. The van der Waals surface area contributed by atoms with Gasteiger partial charge >= 0.3 is 6.09 Å². The molecule has 2 aliphatic rings. The normalized spacial score (nSPS) is 20.2. The molecule has 1 saturated carbocycles. The Labute approximate surface area is 125 Å². The maximum atomic E-state index is 11.6. The largest absolute Gasteiger partial charge is 0.453 e. The summed E-state index contributed by atoms with van der Waals surface area (Å²) in [5.74, 6) is 0.606. The van der Waals surface area contributed by atoms with Crippen LogP contribution in [0.25, 0.3) is 0 Å². The van der Waals surface area contributed by atoms with E-state index in [2.05, 4.69) is 27.3 Å². The first-order valence-electron chi connectivity index (χ1n) is 7.50. The molecule has 0 aromatic heterocycles. The third kappa shape index (κ3) is 2.60. The fourth-order valence-electron chi connectivity index (χ4n) is 3.39. The predicted octanol–water partition coefficient (Wildman–Crippen LogP) is 2.92. The minimum Gasteiger partial charge on any atom is -0.453 e. The van der Waals surface area contributed by atoms with E-state index in [1.165, 1.54) is 26.4 Å². The number of methoxy groups -OCH3 is 1. The average Bonchev–Trinajstić information content (AvgIpc) is 2.86. The maximum Gasteiger partial charge on any atom is 0.413 e. The van der Waals surface area contributed by atoms with Gasteiger partial charge in [-0.05, 0) is 25.0 Å². The number of alkyl carbamates (subject to hydrolysis) is 1. The van der Waals surface area contributed by atoms with E-state index in [0.29, 0.717) is 5.96 Å².